The number of benzene rings is 1. The lowest BCUT2D eigenvalue weighted by molar-refractivity contribution is -0.136. The molecule has 4 rings (SSSR count). The first-order chi connectivity index (χ1) is 16.1. The Hall–Kier alpha value is -2.45. The molecule has 33 heavy (non-hydrogen) atoms. The van der Waals surface area contributed by atoms with Crippen LogP contribution in [0.3, 0.4) is 0 Å². The number of hydrogen-bond donors (Lipinski definition) is 2. The molecule has 180 valence electrons. The van der Waals surface area contributed by atoms with Crippen LogP contribution in [0.1, 0.15) is 67.3 Å². The molecule has 3 heterocycles. The maximum absolute atomic E-state index is 12.7. The topological polar surface area (TPSA) is 97.0 Å². The molecule has 0 aliphatic carbocycles. The molecule has 8 nitrogen and oxygen atoms in total. The third-order valence-corrected chi connectivity index (χ3v) is 6.79. The Morgan fingerprint density at radius 2 is 1.88 bits per heavy atom. The van der Waals surface area contributed by atoms with E-state index in [0.29, 0.717) is 25.1 Å². The van der Waals surface area contributed by atoms with Crippen molar-refractivity contribution in [2.45, 2.75) is 64.0 Å². The van der Waals surface area contributed by atoms with Crippen molar-refractivity contribution in [3.8, 4) is 5.75 Å². The second-order valence-corrected chi connectivity index (χ2v) is 9.24. The van der Waals surface area contributed by atoms with E-state index in [-0.39, 0.29) is 24.1 Å². The average molecular weight is 458 g/mol. The van der Waals surface area contributed by atoms with Gasteiger partial charge in [0.1, 0.15) is 11.8 Å². The quantitative estimate of drug-likeness (QED) is 0.391. The number of nitrogens with zero attached hydrogens (tertiary/aromatic N) is 1. The summed E-state index contributed by atoms with van der Waals surface area (Å²) < 4.78 is 11.3. The molecule has 0 radical (unpaired) electrons. The van der Waals surface area contributed by atoms with E-state index in [1.165, 1.54) is 25.7 Å². The van der Waals surface area contributed by atoms with Crippen LogP contribution in [0.5, 0.6) is 5.75 Å². The van der Waals surface area contributed by atoms with E-state index in [0.717, 1.165) is 56.4 Å². The number of hydrogen-bond acceptors (Lipinski definition) is 6. The van der Waals surface area contributed by atoms with Crippen LogP contribution in [0.15, 0.2) is 18.2 Å². The van der Waals surface area contributed by atoms with Crippen LogP contribution in [-0.2, 0) is 20.9 Å². The van der Waals surface area contributed by atoms with Crippen LogP contribution < -0.4 is 15.4 Å². The average Bonchev–Trinajstić information content (AvgIpc) is 3.14. The standard InChI is InChI=1S/C25H35N3O5/c29-23-8-7-22(24(30)27-23)28-17-19-15-20(5-6-21(19)25(28)31)33-12-4-2-1-3-11-26-16-18-9-13-32-14-10-18/h5-6,15,18,22,26H,1-4,7-14,16-17H2,(H,27,29,30). The summed E-state index contributed by atoms with van der Waals surface area (Å²) in [6.45, 7) is 5.02. The molecule has 0 aromatic heterocycles. The van der Waals surface area contributed by atoms with Crippen molar-refractivity contribution in [1.82, 2.24) is 15.5 Å². The molecule has 3 amide bonds. The van der Waals surface area contributed by atoms with Crippen molar-refractivity contribution in [2.75, 3.05) is 32.9 Å². The minimum absolute atomic E-state index is 0.156. The normalized spacial score (nSPS) is 21.3. The summed E-state index contributed by atoms with van der Waals surface area (Å²) >= 11 is 0. The lowest BCUT2D eigenvalue weighted by Crippen LogP contribution is -2.52. The number of nitrogens with one attached hydrogen (secondary N) is 2. The highest BCUT2D eigenvalue weighted by molar-refractivity contribution is 6.05. The second kappa shape index (κ2) is 11.6. The molecule has 1 unspecified atom stereocenters. The molecule has 2 N–H and O–H groups in total. The number of ether oxygens (including phenoxy) is 2. The van der Waals surface area contributed by atoms with E-state index in [2.05, 4.69) is 10.6 Å². The highest BCUT2D eigenvalue weighted by Crippen LogP contribution is 2.30. The Labute approximate surface area is 195 Å². The van der Waals surface area contributed by atoms with Crippen molar-refractivity contribution in [1.29, 1.82) is 0 Å². The molecule has 1 aromatic rings. The van der Waals surface area contributed by atoms with Gasteiger partial charge in [-0.15, -0.1) is 0 Å². The minimum Gasteiger partial charge on any atom is -0.494 e. The third-order valence-electron chi connectivity index (χ3n) is 6.79. The van der Waals surface area contributed by atoms with E-state index in [4.69, 9.17) is 9.47 Å². The van der Waals surface area contributed by atoms with Crippen LogP contribution in [0, 0.1) is 5.92 Å². The molecular weight excluding hydrogens is 422 g/mol. The van der Waals surface area contributed by atoms with Gasteiger partial charge in [-0.3, -0.25) is 19.7 Å². The first-order valence-electron chi connectivity index (χ1n) is 12.3. The molecule has 2 fully saturated rings. The summed E-state index contributed by atoms with van der Waals surface area (Å²) in [7, 11) is 0. The van der Waals surface area contributed by atoms with Gasteiger partial charge in [-0.05, 0) is 74.9 Å². The predicted molar refractivity (Wildman–Crippen MR) is 123 cm³/mol. The molecule has 3 aliphatic rings. The van der Waals surface area contributed by atoms with E-state index >= 15 is 0 Å². The number of carbonyl (C=O) groups excluding carboxylic acids is 3. The minimum atomic E-state index is -0.585. The fourth-order valence-electron chi connectivity index (χ4n) is 4.79. The zero-order chi connectivity index (χ0) is 23.0. The van der Waals surface area contributed by atoms with E-state index < -0.39 is 6.04 Å². The van der Waals surface area contributed by atoms with Gasteiger partial charge in [0.15, 0.2) is 0 Å². The zero-order valence-electron chi connectivity index (χ0n) is 19.3. The molecule has 8 heteroatoms. The lowest BCUT2D eigenvalue weighted by Gasteiger charge is -2.29. The summed E-state index contributed by atoms with van der Waals surface area (Å²) in [5.74, 6) is 0.706. The Morgan fingerprint density at radius 3 is 2.70 bits per heavy atom. The maximum Gasteiger partial charge on any atom is 0.255 e. The fourth-order valence-corrected chi connectivity index (χ4v) is 4.79. The van der Waals surface area contributed by atoms with Gasteiger partial charge in [0.25, 0.3) is 5.91 Å². The first kappa shape index (κ1) is 23.7. The highest BCUT2D eigenvalue weighted by Gasteiger charge is 2.39. The number of piperidine rings is 1. The maximum atomic E-state index is 12.7. The molecule has 0 saturated carbocycles. The summed E-state index contributed by atoms with van der Waals surface area (Å²) in [5, 5.41) is 5.90. The molecular formula is C25H35N3O5. The van der Waals surface area contributed by atoms with Gasteiger partial charge in [0.05, 0.1) is 6.61 Å². The Kier molecular flexibility index (Phi) is 8.34. The van der Waals surface area contributed by atoms with Crippen molar-refractivity contribution in [2.24, 2.45) is 5.92 Å². The van der Waals surface area contributed by atoms with Crippen molar-refractivity contribution < 1.29 is 23.9 Å². The summed E-state index contributed by atoms with van der Waals surface area (Å²) in [4.78, 5) is 37.8. The number of carbonyl (C=O) groups is 3. The van der Waals surface area contributed by atoms with Crippen molar-refractivity contribution in [3.63, 3.8) is 0 Å². The van der Waals surface area contributed by atoms with Crippen molar-refractivity contribution >= 4 is 17.7 Å². The van der Waals surface area contributed by atoms with Crippen LogP contribution >= 0.6 is 0 Å². The number of unbranched alkanes of at least 4 members (excludes halogenated alkanes) is 3. The van der Waals surface area contributed by atoms with Gasteiger partial charge in [-0.25, -0.2) is 0 Å². The molecule has 2 saturated heterocycles. The van der Waals surface area contributed by atoms with Crippen LogP contribution in [0.25, 0.3) is 0 Å². The fraction of sp³-hybridized carbons (Fsp3) is 0.640. The highest BCUT2D eigenvalue weighted by atomic mass is 16.5. The van der Waals surface area contributed by atoms with Crippen LogP contribution in [-0.4, -0.2) is 61.6 Å². The number of fused-ring (bicyclic) bond motifs is 1. The smallest absolute Gasteiger partial charge is 0.255 e. The monoisotopic (exact) mass is 457 g/mol. The zero-order valence-corrected chi connectivity index (χ0v) is 19.3. The van der Waals surface area contributed by atoms with E-state index in [1.807, 2.05) is 12.1 Å². The second-order valence-electron chi connectivity index (χ2n) is 9.24. The Balaban J connectivity index is 1.12. The third kappa shape index (κ3) is 6.32. The van der Waals surface area contributed by atoms with Gasteiger partial charge in [0, 0.05) is 31.7 Å². The van der Waals surface area contributed by atoms with Gasteiger partial charge < -0.3 is 19.7 Å². The lowest BCUT2D eigenvalue weighted by atomic mass is 10.0. The first-order valence-corrected chi connectivity index (χ1v) is 12.3. The SMILES string of the molecule is O=C1CCC(N2Cc3cc(OCCCCCCNCC4CCOCC4)ccc3C2=O)C(=O)N1. The van der Waals surface area contributed by atoms with Crippen LogP contribution in [0.2, 0.25) is 0 Å². The Morgan fingerprint density at radius 1 is 1.06 bits per heavy atom. The molecule has 0 spiro atoms. The Bertz CT molecular complexity index is 852. The predicted octanol–water partition coefficient (Wildman–Crippen LogP) is 2.40. The molecule has 1 aromatic carbocycles. The number of amides is 3. The van der Waals surface area contributed by atoms with Gasteiger partial charge >= 0.3 is 0 Å². The van der Waals surface area contributed by atoms with E-state index in [1.54, 1.807) is 11.0 Å². The summed E-state index contributed by atoms with van der Waals surface area (Å²) in [6, 6.07) is 4.92. The van der Waals surface area contributed by atoms with Gasteiger partial charge in [-0.1, -0.05) is 12.8 Å². The van der Waals surface area contributed by atoms with Gasteiger partial charge in [0.2, 0.25) is 11.8 Å². The van der Waals surface area contributed by atoms with Crippen LogP contribution in [0.4, 0.5) is 0 Å². The number of imide groups is 1. The largest absolute Gasteiger partial charge is 0.494 e. The molecule has 0 bridgehead atoms. The van der Waals surface area contributed by atoms with Gasteiger partial charge in [-0.2, -0.15) is 0 Å². The summed E-state index contributed by atoms with van der Waals surface area (Å²) in [5.41, 5.74) is 1.48. The molecule has 3 aliphatic heterocycles. The van der Waals surface area contributed by atoms with Crippen molar-refractivity contribution in [3.05, 3.63) is 29.3 Å². The van der Waals surface area contributed by atoms with E-state index in [9.17, 15) is 14.4 Å². The number of rotatable bonds is 11. The summed E-state index contributed by atoms with van der Waals surface area (Å²) in [6.07, 6.45) is 7.48. The molecule has 1 atom stereocenters.